The van der Waals surface area contributed by atoms with Crippen molar-refractivity contribution in [3.8, 4) is 11.9 Å². The van der Waals surface area contributed by atoms with Gasteiger partial charge in [-0.15, -0.1) is 0 Å². The molecule has 0 atom stereocenters. The van der Waals surface area contributed by atoms with Crippen molar-refractivity contribution in [2.24, 2.45) is 4.99 Å². The van der Waals surface area contributed by atoms with E-state index in [2.05, 4.69) is 4.99 Å². The topological polar surface area (TPSA) is 78.4 Å². The molecule has 0 spiro atoms. The smallest absolute Gasteiger partial charge is 0.271 e. The van der Waals surface area contributed by atoms with E-state index in [0.29, 0.717) is 23.4 Å². The maximum absolute atomic E-state index is 12.0. The average molecular weight is 255 g/mol. The van der Waals surface area contributed by atoms with Crippen LogP contribution in [0, 0.1) is 18.3 Å². The standard InChI is InChI=1S/C14H13N3O2/c1-3-17-13(18)11(7-10-5-4-6-16-10)9(2)12(8-15)14(17)19/h4-7,18H,3H2,1-2H3/b10-7+. The number of aliphatic imine (C=N–C) groups is 1. The molecule has 0 bridgehead atoms. The Morgan fingerprint density at radius 3 is 2.84 bits per heavy atom. The lowest BCUT2D eigenvalue weighted by Crippen LogP contribution is -2.24. The van der Waals surface area contributed by atoms with E-state index in [9.17, 15) is 9.90 Å². The van der Waals surface area contributed by atoms with Crippen LogP contribution in [0.5, 0.6) is 5.88 Å². The van der Waals surface area contributed by atoms with Crippen LogP contribution in [0.3, 0.4) is 0 Å². The molecule has 5 heteroatoms. The lowest BCUT2D eigenvalue weighted by Gasteiger charge is -2.12. The Kier molecular flexibility index (Phi) is 3.34. The van der Waals surface area contributed by atoms with Crippen LogP contribution >= 0.6 is 0 Å². The minimum absolute atomic E-state index is 0.0532. The Morgan fingerprint density at radius 2 is 2.32 bits per heavy atom. The molecule has 19 heavy (non-hydrogen) atoms. The van der Waals surface area contributed by atoms with Gasteiger partial charge in [-0.1, -0.05) is 0 Å². The zero-order valence-corrected chi connectivity index (χ0v) is 10.7. The first kappa shape index (κ1) is 12.8. The average Bonchev–Trinajstić information content (AvgIpc) is 2.88. The van der Waals surface area contributed by atoms with Crippen LogP contribution in [0.25, 0.3) is 6.08 Å². The number of aromatic hydroxyl groups is 1. The third-order valence-electron chi connectivity index (χ3n) is 3.03. The van der Waals surface area contributed by atoms with E-state index in [1.807, 2.05) is 6.07 Å². The lowest BCUT2D eigenvalue weighted by molar-refractivity contribution is 0.409. The van der Waals surface area contributed by atoms with E-state index in [1.54, 1.807) is 38.3 Å². The van der Waals surface area contributed by atoms with Gasteiger partial charge < -0.3 is 5.11 Å². The summed E-state index contributed by atoms with van der Waals surface area (Å²) in [5.74, 6) is -0.132. The largest absolute Gasteiger partial charge is 0.494 e. The van der Waals surface area contributed by atoms with E-state index in [1.165, 1.54) is 4.57 Å². The third-order valence-corrected chi connectivity index (χ3v) is 3.03. The fraction of sp³-hybridized carbons (Fsp3) is 0.214. The highest BCUT2D eigenvalue weighted by atomic mass is 16.3. The Labute approximate surface area is 110 Å². The highest BCUT2D eigenvalue weighted by molar-refractivity contribution is 5.80. The number of nitriles is 1. The van der Waals surface area contributed by atoms with Crippen molar-refractivity contribution in [1.82, 2.24) is 4.57 Å². The summed E-state index contributed by atoms with van der Waals surface area (Å²) in [6, 6.07) is 1.90. The zero-order chi connectivity index (χ0) is 14.0. The molecule has 1 N–H and O–H groups in total. The van der Waals surface area contributed by atoms with Gasteiger partial charge in [0.15, 0.2) is 0 Å². The molecular formula is C14H13N3O2. The molecule has 1 aromatic rings. The van der Waals surface area contributed by atoms with Crippen LogP contribution in [0.1, 0.15) is 23.6 Å². The first-order chi connectivity index (χ1) is 9.10. The molecule has 2 rings (SSSR count). The van der Waals surface area contributed by atoms with E-state index in [0.717, 1.165) is 0 Å². The predicted octanol–water partition coefficient (Wildman–Crippen LogP) is 1.74. The van der Waals surface area contributed by atoms with Crippen LogP contribution in [-0.2, 0) is 6.54 Å². The Hall–Kier alpha value is -2.61. The van der Waals surface area contributed by atoms with Gasteiger partial charge in [0, 0.05) is 18.3 Å². The highest BCUT2D eigenvalue weighted by Crippen LogP contribution is 2.25. The summed E-state index contributed by atoms with van der Waals surface area (Å²) in [4.78, 5) is 16.1. The molecule has 0 radical (unpaired) electrons. The summed E-state index contributed by atoms with van der Waals surface area (Å²) in [5.41, 5.74) is 1.18. The summed E-state index contributed by atoms with van der Waals surface area (Å²) < 4.78 is 1.18. The second kappa shape index (κ2) is 4.94. The van der Waals surface area contributed by atoms with Gasteiger partial charge in [-0.25, -0.2) is 0 Å². The molecule has 0 saturated carbocycles. The van der Waals surface area contributed by atoms with Gasteiger partial charge in [0.2, 0.25) is 5.88 Å². The fourth-order valence-corrected chi connectivity index (χ4v) is 1.98. The number of aromatic nitrogens is 1. The first-order valence-corrected chi connectivity index (χ1v) is 5.89. The molecule has 0 fully saturated rings. The van der Waals surface area contributed by atoms with Crippen molar-refractivity contribution >= 4 is 12.3 Å². The molecule has 1 aliphatic rings. The number of nitrogens with zero attached hydrogens (tertiary/aromatic N) is 3. The van der Waals surface area contributed by atoms with E-state index in [4.69, 9.17) is 5.26 Å². The third kappa shape index (κ3) is 2.08. The maximum atomic E-state index is 12.0. The summed E-state index contributed by atoms with van der Waals surface area (Å²) in [6.07, 6.45) is 6.86. The van der Waals surface area contributed by atoms with Crippen molar-refractivity contribution in [2.45, 2.75) is 20.4 Å². The number of allylic oxidation sites excluding steroid dienone is 2. The second-order valence-corrected chi connectivity index (χ2v) is 4.10. The Bertz CT molecular complexity index is 702. The minimum atomic E-state index is -0.465. The molecule has 0 unspecified atom stereocenters. The van der Waals surface area contributed by atoms with E-state index in [-0.39, 0.29) is 11.4 Å². The van der Waals surface area contributed by atoms with Crippen LogP contribution in [0.15, 0.2) is 27.6 Å². The summed E-state index contributed by atoms with van der Waals surface area (Å²) >= 11 is 0. The monoisotopic (exact) mass is 255 g/mol. The van der Waals surface area contributed by atoms with Crippen molar-refractivity contribution in [3.63, 3.8) is 0 Å². The molecule has 5 nitrogen and oxygen atoms in total. The van der Waals surface area contributed by atoms with Gasteiger partial charge >= 0.3 is 0 Å². The molecule has 0 aliphatic carbocycles. The van der Waals surface area contributed by atoms with Crippen LogP contribution in [0.2, 0.25) is 0 Å². The van der Waals surface area contributed by atoms with Crippen molar-refractivity contribution in [2.75, 3.05) is 0 Å². The number of rotatable bonds is 2. The molecule has 2 heterocycles. The molecule has 96 valence electrons. The van der Waals surface area contributed by atoms with Gasteiger partial charge in [0.1, 0.15) is 11.6 Å². The zero-order valence-electron chi connectivity index (χ0n) is 10.7. The van der Waals surface area contributed by atoms with Crippen LogP contribution < -0.4 is 5.56 Å². The summed E-state index contributed by atoms with van der Waals surface area (Å²) in [5, 5.41) is 19.2. The van der Waals surface area contributed by atoms with Gasteiger partial charge in [-0.2, -0.15) is 5.26 Å². The van der Waals surface area contributed by atoms with Crippen LogP contribution in [-0.4, -0.2) is 15.9 Å². The summed E-state index contributed by atoms with van der Waals surface area (Å²) in [7, 11) is 0. The normalized spacial score (nSPS) is 15.1. The van der Waals surface area contributed by atoms with Crippen molar-refractivity contribution < 1.29 is 5.11 Å². The Morgan fingerprint density at radius 1 is 1.58 bits per heavy atom. The van der Waals surface area contributed by atoms with Gasteiger partial charge in [-0.3, -0.25) is 14.4 Å². The molecule has 1 aromatic heterocycles. The van der Waals surface area contributed by atoms with Crippen LogP contribution in [0.4, 0.5) is 0 Å². The van der Waals surface area contributed by atoms with Gasteiger partial charge in [0.05, 0.1) is 5.70 Å². The highest BCUT2D eigenvalue weighted by Gasteiger charge is 2.17. The van der Waals surface area contributed by atoms with Gasteiger partial charge in [0.25, 0.3) is 5.56 Å². The predicted molar refractivity (Wildman–Crippen MR) is 73.1 cm³/mol. The Balaban J connectivity index is 2.78. The number of hydrogen-bond donors (Lipinski definition) is 1. The van der Waals surface area contributed by atoms with Crippen molar-refractivity contribution in [3.05, 3.63) is 44.9 Å². The number of hydrogen-bond acceptors (Lipinski definition) is 4. The molecule has 0 amide bonds. The lowest BCUT2D eigenvalue weighted by atomic mass is 10.0. The molecule has 0 aromatic carbocycles. The van der Waals surface area contributed by atoms with E-state index >= 15 is 0 Å². The second-order valence-electron chi connectivity index (χ2n) is 4.10. The minimum Gasteiger partial charge on any atom is -0.494 e. The SMILES string of the molecule is CCn1c(O)c(/C=C2\C=CC=N2)c(C)c(C#N)c1=O. The number of pyridine rings is 1. The summed E-state index contributed by atoms with van der Waals surface area (Å²) in [6.45, 7) is 3.69. The fourth-order valence-electron chi connectivity index (χ4n) is 1.98. The quantitative estimate of drug-likeness (QED) is 0.874. The van der Waals surface area contributed by atoms with Crippen molar-refractivity contribution in [1.29, 1.82) is 5.26 Å². The van der Waals surface area contributed by atoms with E-state index < -0.39 is 5.56 Å². The molecule has 1 aliphatic heterocycles. The maximum Gasteiger partial charge on any atom is 0.271 e. The molecular weight excluding hydrogens is 242 g/mol. The van der Waals surface area contributed by atoms with Gasteiger partial charge in [-0.05, 0) is 37.6 Å². The molecule has 0 saturated heterocycles. The first-order valence-electron chi connectivity index (χ1n) is 5.89.